The summed E-state index contributed by atoms with van der Waals surface area (Å²) in [5.74, 6) is 0.112. The van der Waals surface area contributed by atoms with Gasteiger partial charge in [0.1, 0.15) is 23.0 Å². The molecule has 4 N–H and O–H groups in total. The molecule has 0 amide bonds. The normalized spacial score (nSPS) is 11.2. The van der Waals surface area contributed by atoms with Crippen molar-refractivity contribution in [2.45, 2.75) is 24.7 Å². The molecule has 0 radical (unpaired) electrons. The number of para-hydroxylation sites is 1. The minimum Gasteiger partial charge on any atom is -0.454 e. The molecule has 0 saturated carbocycles. The first kappa shape index (κ1) is 20.6. The highest BCUT2D eigenvalue weighted by molar-refractivity contribution is 7.89. The van der Waals surface area contributed by atoms with Crippen LogP contribution in [0, 0.1) is 0 Å². The Bertz CT molecular complexity index is 1080. The number of rotatable bonds is 8. The summed E-state index contributed by atoms with van der Waals surface area (Å²) in [5.41, 5.74) is 0.548. The number of carbonyl (C=O) groups is 1. The quantitative estimate of drug-likeness (QED) is 0.549. The molecular formula is C20H23N4O4S+. The number of hydrogen-bond donors (Lipinski definition) is 2. The fourth-order valence-corrected chi connectivity index (χ4v) is 3.45. The third-order valence-corrected chi connectivity index (χ3v) is 5.11. The Hall–Kier alpha value is -3.17. The van der Waals surface area contributed by atoms with E-state index in [9.17, 15) is 13.2 Å². The lowest BCUT2D eigenvalue weighted by molar-refractivity contribution is -0.376. The molecule has 0 atom stereocenters. The molecule has 1 aromatic heterocycles. The highest BCUT2D eigenvalue weighted by Gasteiger charge is 2.25. The third-order valence-electron chi connectivity index (χ3n) is 4.20. The molecule has 29 heavy (non-hydrogen) atoms. The van der Waals surface area contributed by atoms with E-state index in [1.807, 2.05) is 13.0 Å². The smallest absolute Gasteiger partial charge is 0.345 e. The molecule has 0 unspecified atom stereocenters. The topological polar surface area (TPSA) is 118 Å². The lowest BCUT2D eigenvalue weighted by Gasteiger charge is -2.17. The van der Waals surface area contributed by atoms with E-state index in [4.69, 9.17) is 9.88 Å². The average Bonchev–Trinajstić information content (AvgIpc) is 3.23. The van der Waals surface area contributed by atoms with Crippen LogP contribution in [0.1, 0.15) is 30.1 Å². The van der Waals surface area contributed by atoms with Gasteiger partial charge in [-0.05, 0) is 30.7 Å². The molecule has 0 saturated heterocycles. The number of nitrogens with zero attached hydrogens (tertiary/aromatic N) is 1. The predicted molar refractivity (Wildman–Crippen MR) is 108 cm³/mol. The molecule has 9 heteroatoms. The Labute approximate surface area is 169 Å². The maximum absolute atomic E-state index is 12.8. The number of imidazole rings is 1. The number of hydrogen-bond acceptors (Lipinski definition) is 5. The zero-order valence-corrected chi connectivity index (χ0v) is 16.8. The standard InChI is InChI=1S/C20H22N4O4S/c1-2-3-9-23-17-12-15(20(25)24-11-10-22-14-24)13-18(29(21,26)27)19(17)28-16-7-5-4-6-8-16/h4-8,10-14,23H,2-3,9H2,1H3,(H2,21,26,27)/p+1. The summed E-state index contributed by atoms with van der Waals surface area (Å²) in [6, 6.07) is 11.6. The van der Waals surface area contributed by atoms with Gasteiger partial charge in [-0.25, -0.2) is 23.3 Å². The Balaban J connectivity index is 2.14. The van der Waals surface area contributed by atoms with Gasteiger partial charge in [0.05, 0.1) is 11.3 Å². The van der Waals surface area contributed by atoms with Gasteiger partial charge in [0.2, 0.25) is 16.4 Å². The second-order valence-electron chi connectivity index (χ2n) is 6.42. The number of unbranched alkanes of at least 4 members (excludes halogenated alkanes) is 1. The summed E-state index contributed by atoms with van der Waals surface area (Å²) in [5, 5.41) is 8.64. The maximum Gasteiger partial charge on any atom is 0.345 e. The van der Waals surface area contributed by atoms with Gasteiger partial charge in [-0.2, -0.15) is 4.57 Å². The van der Waals surface area contributed by atoms with Crippen molar-refractivity contribution in [1.29, 1.82) is 0 Å². The van der Waals surface area contributed by atoms with Crippen LogP contribution in [0.5, 0.6) is 11.5 Å². The number of H-pyrrole nitrogens is 1. The summed E-state index contributed by atoms with van der Waals surface area (Å²) < 4.78 is 31.9. The SMILES string of the molecule is CCCCNc1cc(C(=O)n2cc[nH+]c2)cc(S(N)(=O)=O)c1Oc1ccccc1. The highest BCUT2D eigenvalue weighted by atomic mass is 32.2. The molecule has 0 spiro atoms. The number of sulfonamides is 1. The molecule has 2 aromatic carbocycles. The Kier molecular flexibility index (Phi) is 6.30. The molecule has 0 aliphatic rings. The first-order valence-corrected chi connectivity index (χ1v) is 10.7. The largest absolute Gasteiger partial charge is 0.454 e. The molecule has 0 fully saturated rings. The number of primary sulfonamides is 1. The molecule has 0 bridgehead atoms. The average molecular weight is 415 g/mol. The van der Waals surface area contributed by atoms with Gasteiger partial charge in [-0.1, -0.05) is 31.5 Å². The summed E-state index contributed by atoms with van der Waals surface area (Å²) in [7, 11) is -4.17. The van der Waals surface area contributed by atoms with Crippen molar-refractivity contribution in [2.24, 2.45) is 5.14 Å². The van der Waals surface area contributed by atoms with Crippen LogP contribution in [0.3, 0.4) is 0 Å². The fourth-order valence-electron chi connectivity index (χ4n) is 2.74. The number of anilines is 1. The van der Waals surface area contributed by atoms with E-state index in [-0.39, 0.29) is 16.2 Å². The molecule has 0 aliphatic carbocycles. The zero-order valence-electron chi connectivity index (χ0n) is 16.0. The molecule has 3 rings (SSSR count). The van der Waals surface area contributed by atoms with E-state index < -0.39 is 15.9 Å². The fraction of sp³-hybridized carbons (Fsp3) is 0.200. The van der Waals surface area contributed by atoms with E-state index in [0.717, 1.165) is 12.8 Å². The number of nitrogens with one attached hydrogen (secondary N) is 2. The monoisotopic (exact) mass is 415 g/mol. The summed E-state index contributed by atoms with van der Waals surface area (Å²) in [6.45, 7) is 2.63. The molecule has 1 heterocycles. The minimum atomic E-state index is -4.17. The highest BCUT2D eigenvalue weighted by Crippen LogP contribution is 2.37. The van der Waals surface area contributed by atoms with Gasteiger partial charge in [0.25, 0.3) is 0 Å². The first-order valence-electron chi connectivity index (χ1n) is 9.16. The summed E-state index contributed by atoms with van der Waals surface area (Å²) >= 11 is 0. The number of nitrogens with two attached hydrogens (primary N) is 1. The van der Waals surface area contributed by atoms with E-state index in [2.05, 4.69) is 10.3 Å². The Morgan fingerprint density at radius 2 is 2.00 bits per heavy atom. The van der Waals surface area contributed by atoms with Crippen molar-refractivity contribution in [3.8, 4) is 11.5 Å². The van der Waals surface area contributed by atoms with Crippen LogP contribution in [-0.4, -0.2) is 25.4 Å². The van der Waals surface area contributed by atoms with Gasteiger partial charge in [0, 0.05) is 6.54 Å². The number of aromatic nitrogens is 2. The molecule has 152 valence electrons. The summed E-state index contributed by atoms with van der Waals surface area (Å²) in [6.07, 6.45) is 6.41. The molecule has 0 aliphatic heterocycles. The lowest BCUT2D eigenvalue weighted by Crippen LogP contribution is -2.18. The maximum atomic E-state index is 12.8. The van der Waals surface area contributed by atoms with Crippen LogP contribution in [0.4, 0.5) is 5.69 Å². The van der Waals surface area contributed by atoms with Crippen LogP contribution in [0.25, 0.3) is 0 Å². The molecule has 3 aromatic rings. The van der Waals surface area contributed by atoms with Gasteiger partial charge < -0.3 is 10.1 Å². The Morgan fingerprint density at radius 1 is 1.24 bits per heavy atom. The zero-order chi connectivity index (χ0) is 20.9. The van der Waals surface area contributed by atoms with E-state index >= 15 is 0 Å². The van der Waals surface area contributed by atoms with Gasteiger partial charge in [0.15, 0.2) is 5.75 Å². The van der Waals surface area contributed by atoms with Crippen LogP contribution >= 0.6 is 0 Å². The van der Waals surface area contributed by atoms with E-state index in [1.165, 1.54) is 23.2 Å². The second kappa shape index (κ2) is 8.89. The number of ether oxygens (including phenoxy) is 1. The Morgan fingerprint density at radius 3 is 2.62 bits per heavy atom. The van der Waals surface area contributed by atoms with Crippen molar-refractivity contribution in [2.75, 3.05) is 11.9 Å². The molecule has 8 nitrogen and oxygen atoms in total. The summed E-state index contributed by atoms with van der Waals surface area (Å²) in [4.78, 5) is 15.3. The van der Waals surface area contributed by atoms with Gasteiger partial charge in [-0.15, -0.1) is 0 Å². The predicted octanol–water partition coefficient (Wildman–Crippen LogP) is 2.64. The second-order valence-corrected chi connectivity index (χ2v) is 7.95. The van der Waals surface area contributed by atoms with E-state index in [0.29, 0.717) is 18.0 Å². The van der Waals surface area contributed by atoms with Crippen LogP contribution in [-0.2, 0) is 10.0 Å². The number of carbonyl (C=O) groups excluding carboxylic acids is 1. The number of benzene rings is 2. The van der Waals surface area contributed by atoms with Crippen LogP contribution in [0.15, 0.2) is 66.1 Å². The van der Waals surface area contributed by atoms with E-state index in [1.54, 1.807) is 36.5 Å². The van der Waals surface area contributed by atoms with Crippen molar-refractivity contribution in [3.05, 3.63) is 66.7 Å². The minimum absolute atomic E-state index is 0.0606. The first-order chi connectivity index (χ1) is 13.9. The van der Waals surface area contributed by atoms with Crippen molar-refractivity contribution >= 4 is 21.6 Å². The van der Waals surface area contributed by atoms with Crippen molar-refractivity contribution < 1.29 is 22.9 Å². The van der Waals surface area contributed by atoms with Crippen molar-refractivity contribution in [1.82, 2.24) is 4.57 Å². The van der Waals surface area contributed by atoms with Crippen LogP contribution < -0.4 is 20.2 Å². The molecular weight excluding hydrogens is 392 g/mol. The van der Waals surface area contributed by atoms with Gasteiger partial charge >= 0.3 is 5.91 Å². The van der Waals surface area contributed by atoms with Gasteiger partial charge in [-0.3, -0.25) is 0 Å². The lowest BCUT2D eigenvalue weighted by atomic mass is 10.1. The van der Waals surface area contributed by atoms with Crippen LogP contribution in [0.2, 0.25) is 0 Å². The van der Waals surface area contributed by atoms with Crippen molar-refractivity contribution in [3.63, 3.8) is 0 Å². The number of aromatic amines is 1. The third kappa shape index (κ3) is 5.01.